The van der Waals surface area contributed by atoms with Gasteiger partial charge in [-0.15, -0.1) is 0 Å². The number of aromatic nitrogens is 2. The molecule has 0 aliphatic heterocycles. The van der Waals surface area contributed by atoms with Crippen molar-refractivity contribution in [1.29, 1.82) is 0 Å². The van der Waals surface area contributed by atoms with Crippen molar-refractivity contribution in [2.45, 2.75) is 20.4 Å². The third-order valence-electron chi connectivity index (χ3n) is 2.45. The van der Waals surface area contributed by atoms with Crippen LogP contribution in [0.2, 0.25) is 0 Å². The Morgan fingerprint density at radius 3 is 2.60 bits per heavy atom. The van der Waals surface area contributed by atoms with E-state index in [0.29, 0.717) is 5.92 Å². The molecule has 0 saturated carbocycles. The second-order valence-electron chi connectivity index (χ2n) is 4.26. The Kier molecular flexibility index (Phi) is 3.91. The minimum Gasteiger partial charge on any atom is -1.00 e. The molecule has 3 heteroatoms. The number of hydrogen-bond donors (Lipinski definition) is 0. The Labute approximate surface area is 101 Å². The first-order valence-electron chi connectivity index (χ1n) is 5.12. The monoisotopic (exact) mass is 268 g/mol. The number of aryl methyl sites for hydroxylation is 1. The SMILES string of the molecule is CC(C)Cn1c[n+](C)c2ccccc21.[Br-]. The Morgan fingerprint density at radius 1 is 1.27 bits per heavy atom. The molecule has 2 nitrogen and oxygen atoms in total. The van der Waals surface area contributed by atoms with Crippen LogP contribution in [0, 0.1) is 5.92 Å². The van der Waals surface area contributed by atoms with Gasteiger partial charge < -0.3 is 17.0 Å². The van der Waals surface area contributed by atoms with Gasteiger partial charge in [0.2, 0.25) is 6.33 Å². The fraction of sp³-hybridized carbons (Fsp3) is 0.417. The molecule has 0 aliphatic carbocycles. The standard InChI is InChI=1S/C12H17N2.BrH/c1-10(2)8-14-9-13(3)11-6-4-5-7-12(11)14;/h4-7,9-10H,8H2,1-3H3;1H/q+1;/p-1. The van der Waals surface area contributed by atoms with Crippen LogP contribution in [0.3, 0.4) is 0 Å². The Balaban J connectivity index is 0.00000112. The van der Waals surface area contributed by atoms with Gasteiger partial charge in [0.05, 0.1) is 13.6 Å². The fourth-order valence-electron chi connectivity index (χ4n) is 1.88. The molecule has 82 valence electrons. The number of para-hydroxylation sites is 2. The van der Waals surface area contributed by atoms with Crippen LogP contribution in [0.5, 0.6) is 0 Å². The third-order valence-corrected chi connectivity index (χ3v) is 2.45. The summed E-state index contributed by atoms with van der Waals surface area (Å²) >= 11 is 0. The molecule has 0 atom stereocenters. The van der Waals surface area contributed by atoms with Gasteiger partial charge in [-0.05, 0) is 18.1 Å². The van der Waals surface area contributed by atoms with Crippen molar-refractivity contribution >= 4 is 11.0 Å². The van der Waals surface area contributed by atoms with E-state index in [-0.39, 0.29) is 17.0 Å². The number of fused-ring (bicyclic) bond motifs is 1. The van der Waals surface area contributed by atoms with Crippen LogP contribution in [0.25, 0.3) is 11.0 Å². The Morgan fingerprint density at radius 2 is 1.93 bits per heavy atom. The van der Waals surface area contributed by atoms with E-state index in [1.165, 1.54) is 11.0 Å². The summed E-state index contributed by atoms with van der Waals surface area (Å²) < 4.78 is 4.50. The fourth-order valence-corrected chi connectivity index (χ4v) is 1.88. The maximum absolute atomic E-state index is 2.32. The molecule has 2 aromatic rings. The number of benzene rings is 1. The van der Waals surface area contributed by atoms with Crippen molar-refractivity contribution < 1.29 is 21.5 Å². The van der Waals surface area contributed by atoms with Gasteiger partial charge in [0.25, 0.3) is 0 Å². The molecule has 1 aromatic heterocycles. The quantitative estimate of drug-likeness (QED) is 0.627. The molecule has 0 unspecified atom stereocenters. The molecule has 1 aromatic carbocycles. The minimum atomic E-state index is 0. The average molecular weight is 269 g/mol. The Bertz CT molecular complexity index is 446. The summed E-state index contributed by atoms with van der Waals surface area (Å²) in [6, 6.07) is 8.52. The predicted molar refractivity (Wildman–Crippen MR) is 58.0 cm³/mol. The minimum absolute atomic E-state index is 0. The first-order valence-corrected chi connectivity index (χ1v) is 5.12. The smallest absolute Gasteiger partial charge is 0.244 e. The molecule has 1 heterocycles. The summed E-state index contributed by atoms with van der Waals surface area (Å²) in [6.07, 6.45) is 2.17. The molecular weight excluding hydrogens is 252 g/mol. The van der Waals surface area contributed by atoms with Crippen molar-refractivity contribution in [2.75, 3.05) is 0 Å². The van der Waals surface area contributed by atoms with Crippen LogP contribution >= 0.6 is 0 Å². The van der Waals surface area contributed by atoms with Crippen LogP contribution in [-0.2, 0) is 13.6 Å². The lowest BCUT2D eigenvalue weighted by molar-refractivity contribution is -0.645. The number of nitrogens with zero attached hydrogens (tertiary/aromatic N) is 2. The van der Waals surface area contributed by atoms with E-state index in [4.69, 9.17) is 0 Å². The zero-order chi connectivity index (χ0) is 10.1. The zero-order valence-electron chi connectivity index (χ0n) is 9.44. The second-order valence-corrected chi connectivity index (χ2v) is 4.26. The molecule has 2 rings (SSSR count). The van der Waals surface area contributed by atoms with Crippen LogP contribution in [-0.4, -0.2) is 4.57 Å². The van der Waals surface area contributed by atoms with Gasteiger partial charge >= 0.3 is 0 Å². The molecule has 0 bridgehead atoms. The number of hydrogen-bond acceptors (Lipinski definition) is 0. The normalized spacial score (nSPS) is 10.7. The largest absolute Gasteiger partial charge is 1.00 e. The van der Waals surface area contributed by atoms with E-state index in [1.54, 1.807) is 0 Å². The average Bonchev–Trinajstić information content (AvgIpc) is 2.44. The van der Waals surface area contributed by atoms with Crippen molar-refractivity contribution in [1.82, 2.24) is 4.57 Å². The molecule has 0 spiro atoms. The summed E-state index contributed by atoms with van der Waals surface area (Å²) in [6.45, 7) is 5.57. The van der Waals surface area contributed by atoms with Gasteiger partial charge in [-0.3, -0.25) is 0 Å². The highest BCUT2D eigenvalue weighted by molar-refractivity contribution is 5.71. The van der Waals surface area contributed by atoms with Gasteiger partial charge in [-0.25, -0.2) is 9.13 Å². The van der Waals surface area contributed by atoms with Gasteiger partial charge in [0, 0.05) is 0 Å². The van der Waals surface area contributed by atoms with Gasteiger partial charge in [-0.1, -0.05) is 26.0 Å². The first kappa shape index (κ1) is 12.2. The summed E-state index contributed by atoms with van der Waals surface area (Å²) in [7, 11) is 2.10. The molecule has 0 fully saturated rings. The Hall–Kier alpha value is -0.830. The molecule has 0 aliphatic rings. The molecule has 0 amide bonds. The highest BCUT2D eigenvalue weighted by atomic mass is 79.9. The summed E-state index contributed by atoms with van der Waals surface area (Å²) in [5.74, 6) is 0.686. The first-order chi connectivity index (χ1) is 6.68. The van der Waals surface area contributed by atoms with Gasteiger partial charge in [-0.2, -0.15) is 0 Å². The molecule has 0 N–H and O–H groups in total. The zero-order valence-corrected chi connectivity index (χ0v) is 11.0. The van der Waals surface area contributed by atoms with Gasteiger partial charge in [0.1, 0.15) is 0 Å². The number of imidazole rings is 1. The van der Waals surface area contributed by atoms with Crippen LogP contribution in [0.4, 0.5) is 0 Å². The van der Waals surface area contributed by atoms with Crippen LogP contribution < -0.4 is 21.5 Å². The number of rotatable bonds is 2. The molecule has 15 heavy (non-hydrogen) atoms. The predicted octanol–water partition coefficient (Wildman–Crippen LogP) is -0.874. The van der Waals surface area contributed by atoms with Crippen molar-refractivity contribution in [2.24, 2.45) is 13.0 Å². The lowest BCUT2D eigenvalue weighted by Gasteiger charge is -2.00. The van der Waals surface area contributed by atoms with Crippen molar-refractivity contribution in [3.63, 3.8) is 0 Å². The maximum atomic E-state index is 2.32. The molecule has 0 radical (unpaired) electrons. The lowest BCUT2D eigenvalue weighted by Crippen LogP contribution is -3.00. The number of halogens is 1. The van der Waals surface area contributed by atoms with Crippen LogP contribution in [0.1, 0.15) is 13.8 Å². The van der Waals surface area contributed by atoms with E-state index in [1.807, 2.05) is 0 Å². The van der Waals surface area contributed by atoms with E-state index in [0.717, 1.165) is 6.54 Å². The third kappa shape index (κ3) is 2.40. The lowest BCUT2D eigenvalue weighted by atomic mass is 10.2. The van der Waals surface area contributed by atoms with E-state index in [2.05, 4.69) is 60.6 Å². The van der Waals surface area contributed by atoms with Crippen molar-refractivity contribution in [3.05, 3.63) is 30.6 Å². The highest BCUT2D eigenvalue weighted by Crippen LogP contribution is 2.11. The van der Waals surface area contributed by atoms with E-state index >= 15 is 0 Å². The topological polar surface area (TPSA) is 8.81 Å². The summed E-state index contributed by atoms with van der Waals surface area (Å²) in [4.78, 5) is 0. The molecular formula is C12H17BrN2. The van der Waals surface area contributed by atoms with E-state index in [9.17, 15) is 0 Å². The van der Waals surface area contributed by atoms with E-state index < -0.39 is 0 Å². The highest BCUT2D eigenvalue weighted by Gasteiger charge is 2.12. The summed E-state index contributed by atoms with van der Waals surface area (Å²) in [5, 5.41) is 0. The second kappa shape index (κ2) is 4.79. The molecule has 0 saturated heterocycles. The van der Waals surface area contributed by atoms with Crippen LogP contribution in [0.15, 0.2) is 30.6 Å². The summed E-state index contributed by atoms with van der Waals surface area (Å²) in [5.41, 5.74) is 2.62. The van der Waals surface area contributed by atoms with Gasteiger partial charge in [0.15, 0.2) is 11.0 Å². The maximum Gasteiger partial charge on any atom is 0.244 e. The van der Waals surface area contributed by atoms with Crippen molar-refractivity contribution in [3.8, 4) is 0 Å².